The molecule has 0 unspecified atom stereocenters. The van der Waals surface area contributed by atoms with Crippen molar-refractivity contribution in [3.05, 3.63) is 158 Å². The molecule has 10 aromatic rings. The lowest BCUT2D eigenvalue weighted by atomic mass is 10.0. The van der Waals surface area contributed by atoms with Crippen molar-refractivity contribution in [3.63, 3.8) is 0 Å². The van der Waals surface area contributed by atoms with Crippen molar-refractivity contribution in [1.82, 2.24) is 29.1 Å². The van der Waals surface area contributed by atoms with E-state index in [4.69, 9.17) is 15.0 Å². The Labute approximate surface area is 275 Å². The van der Waals surface area contributed by atoms with Gasteiger partial charge in [0.15, 0.2) is 5.82 Å². The summed E-state index contributed by atoms with van der Waals surface area (Å²) in [5.41, 5.74) is 8.37. The first kappa shape index (κ1) is 26.5. The summed E-state index contributed by atoms with van der Waals surface area (Å²) >= 11 is 0. The van der Waals surface area contributed by atoms with Gasteiger partial charge in [-0.1, -0.05) is 97.1 Å². The molecular weight excluding hydrogens is 589 g/mol. The summed E-state index contributed by atoms with van der Waals surface area (Å²) in [6.07, 6.45) is 9.35. The summed E-state index contributed by atoms with van der Waals surface area (Å²) in [6, 6.07) is 44.5. The Bertz CT molecular complexity index is 2810. The molecule has 5 heterocycles. The number of hydrogen-bond acceptors (Lipinski definition) is 4. The maximum atomic E-state index is 5.03. The van der Waals surface area contributed by atoms with Crippen LogP contribution in [-0.4, -0.2) is 29.1 Å². The molecule has 48 heavy (non-hydrogen) atoms. The standard InChI is InChI=1S/C42H26N6/c1-2-9-27(10-3-1)35-25-46-39(26-45-35)48-37-15-7-5-13-32(37)34-19-17-28-16-18-33-31-12-4-6-14-36(31)47(41(33)40(28)42(34)48)38-23-29(20-22-44-38)30-11-8-21-43-24-30/h1-26H. The molecule has 0 N–H and O–H groups in total. The molecule has 0 atom stereocenters. The van der Waals surface area contributed by atoms with Crippen molar-refractivity contribution in [2.75, 3.05) is 0 Å². The van der Waals surface area contributed by atoms with Gasteiger partial charge >= 0.3 is 0 Å². The van der Waals surface area contributed by atoms with Gasteiger partial charge in [-0.15, -0.1) is 0 Å². The number of nitrogens with zero attached hydrogens (tertiary/aromatic N) is 6. The summed E-state index contributed by atoms with van der Waals surface area (Å²) in [4.78, 5) is 19.3. The van der Waals surface area contributed by atoms with Crippen LogP contribution in [0.3, 0.4) is 0 Å². The van der Waals surface area contributed by atoms with Gasteiger partial charge in [-0.05, 0) is 41.3 Å². The number of hydrogen-bond donors (Lipinski definition) is 0. The number of benzene rings is 5. The monoisotopic (exact) mass is 614 g/mol. The van der Waals surface area contributed by atoms with Gasteiger partial charge in [0.1, 0.15) is 5.82 Å². The number of para-hydroxylation sites is 2. The van der Waals surface area contributed by atoms with Crippen LogP contribution < -0.4 is 0 Å². The predicted molar refractivity (Wildman–Crippen MR) is 195 cm³/mol. The Kier molecular flexibility index (Phi) is 5.77. The highest BCUT2D eigenvalue weighted by molar-refractivity contribution is 6.28. The minimum Gasteiger partial charge on any atom is -0.293 e. The van der Waals surface area contributed by atoms with Crippen LogP contribution in [0, 0.1) is 0 Å². The first-order chi connectivity index (χ1) is 23.8. The molecular formula is C42H26N6. The van der Waals surface area contributed by atoms with E-state index in [1.165, 1.54) is 16.2 Å². The molecule has 0 spiro atoms. The van der Waals surface area contributed by atoms with E-state index in [0.717, 1.165) is 72.2 Å². The van der Waals surface area contributed by atoms with Crippen molar-refractivity contribution in [3.8, 4) is 34.0 Å². The number of aromatic nitrogens is 6. The molecule has 5 aromatic carbocycles. The maximum absolute atomic E-state index is 5.03. The molecule has 6 heteroatoms. The zero-order valence-corrected chi connectivity index (χ0v) is 25.7. The third-order valence-electron chi connectivity index (χ3n) is 9.36. The third-order valence-corrected chi connectivity index (χ3v) is 9.36. The molecule has 6 nitrogen and oxygen atoms in total. The third kappa shape index (κ3) is 3.93. The minimum atomic E-state index is 0.768. The van der Waals surface area contributed by atoms with Crippen LogP contribution in [0.15, 0.2) is 158 Å². The zero-order chi connectivity index (χ0) is 31.6. The normalized spacial score (nSPS) is 11.8. The molecule has 0 radical (unpaired) electrons. The van der Waals surface area contributed by atoms with E-state index in [0.29, 0.717) is 0 Å². The Morgan fingerprint density at radius 2 is 1.08 bits per heavy atom. The van der Waals surface area contributed by atoms with E-state index >= 15 is 0 Å². The Hall–Kier alpha value is -6.66. The van der Waals surface area contributed by atoms with E-state index in [2.05, 4.69) is 111 Å². The highest BCUT2D eigenvalue weighted by Gasteiger charge is 2.22. The molecule has 0 saturated carbocycles. The SMILES string of the molecule is c1ccc(-c2cnc(-n3c4ccccc4c4ccc5ccc6c7ccccc7n(-c7cc(-c8cccnc8)ccn7)c6c5c43)cn2)cc1. The van der Waals surface area contributed by atoms with E-state index in [1.807, 2.05) is 55.1 Å². The first-order valence-electron chi connectivity index (χ1n) is 16.0. The number of rotatable bonds is 4. The summed E-state index contributed by atoms with van der Waals surface area (Å²) in [5.74, 6) is 1.62. The van der Waals surface area contributed by atoms with Crippen LogP contribution in [-0.2, 0) is 0 Å². The van der Waals surface area contributed by atoms with Crippen molar-refractivity contribution in [1.29, 1.82) is 0 Å². The highest BCUT2D eigenvalue weighted by Crippen LogP contribution is 2.42. The van der Waals surface area contributed by atoms with Crippen LogP contribution in [0.5, 0.6) is 0 Å². The van der Waals surface area contributed by atoms with Gasteiger partial charge in [0.2, 0.25) is 0 Å². The summed E-state index contributed by atoms with van der Waals surface area (Å²) < 4.78 is 4.59. The predicted octanol–water partition coefficient (Wildman–Crippen LogP) is 9.95. The van der Waals surface area contributed by atoms with Gasteiger partial charge in [-0.25, -0.2) is 9.97 Å². The molecule has 0 aliphatic rings. The average molecular weight is 615 g/mol. The Balaban J connectivity index is 1.34. The van der Waals surface area contributed by atoms with E-state index in [1.54, 1.807) is 6.20 Å². The lowest BCUT2D eigenvalue weighted by Crippen LogP contribution is -2.01. The fourth-order valence-electron chi connectivity index (χ4n) is 7.24. The molecule has 0 aliphatic heterocycles. The first-order valence-corrected chi connectivity index (χ1v) is 16.0. The lowest BCUT2D eigenvalue weighted by Gasteiger charge is -2.13. The molecule has 0 fully saturated rings. The number of pyridine rings is 2. The second kappa shape index (κ2) is 10.4. The van der Waals surface area contributed by atoms with Crippen LogP contribution >= 0.6 is 0 Å². The summed E-state index contributed by atoms with van der Waals surface area (Å²) in [6.45, 7) is 0. The fraction of sp³-hybridized carbons (Fsp3) is 0. The molecule has 5 aromatic heterocycles. The molecule has 224 valence electrons. The van der Waals surface area contributed by atoms with Crippen molar-refractivity contribution >= 4 is 54.4 Å². The van der Waals surface area contributed by atoms with Crippen LogP contribution in [0.25, 0.3) is 88.4 Å². The van der Waals surface area contributed by atoms with E-state index in [-0.39, 0.29) is 0 Å². The van der Waals surface area contributed by atoms with Gasteiger partial charge in [-0.2, -0.15) is 0 Å². The number of fused-ring (bicyclic) bond motifs is 9. The van der Waals surface area contributed by atoms with Gasteiger partial charge in [0.05, 0.1) is 40.2 Å². The largest absolute Gasteiger partial charge is 0.293 e. The smallest absolute Gasteiger partial charge is 0.156 e. The van der Waals surface area contributed by atoms with Crippen molar-refractivity contribution in [2.45, 2.75) is 0 Å². The molecule has 0 bridgehead atoms. The van der Waals surface area contributed by atoms with Crippen molar-refractivity contribution in [2.24, 2.45) is 0 Å². The topological polar surface area (TPSA) is 61.4 Å². The molecule has 10 rings (SSSR count). The van der Waals surface area contributed by atoms with Gasteiger partial charge in [0.25, 0.3) is 0 Å². The van der Waals surface area contributed by atoms with Crippen molar-refractivity contribution < 1.29 is 0 Å². The quantitative estimate of drug-likeness (QED) is 0.198. The maximum Gasteiger partial charge on any atom is 0.156 e. The van der Waals surface area contributed by atoms with Gasteiger partial charge in [0, 0.05) is 56.6 Å². The Morgan fingerprint density at radius 3 is 1.75 bits per heavy atom. The fourth-order valence-corrected chi connectivity index (χ4v) is 7.24. The second-order valence-electron chi connectivity index (χ2n) is 12.0. The highest BCUT2D eigenvalue weighted by atomic mass is 15.1. The molecule has 0 aliphatic carbocycles. The van der Waals surface area contributed by atoms with E-state index < -0.39 is 0 Å². The Morgan fingerprint density at radius 1 is 0.417 bits per heavy atom. The molecule has 0 saturated heterocycles. The van der Waals surface area contributed by atoms with Crippen LogP contribution in [0.4, 0.5) is 0 Å². The van der Waals surface area contributed by atoms with E-state index in [9.17, 15) is 0 Å². The van der Waals surface area contributed by atoms with Crippen LogP contribution in [0.1, 0.15) is 0 Å². The molecule has 0 amide bonds. The van der Waals surface area contributed by atoms with Gasteiger partial charge in [-0.3, -0.25) is 19.1 Å². The van der Waals surface area contributed by atoms with Crippen LogP contribution in [0.2, 0.25) is 0 Å². The average Bonchev–Trinajstić information content (AvgIpc) is 3.69. The summed E-state index contributed by atoms with van der Waals surface area (Å²) in [7, 11) is 0. The second-order valence-corrected chi connectivity index (χ2v) is 12.0. The lowest BCUT2D eigenvalue weighted by molar-refractivity contribution is 1.05. The summed E-state index contributed by atoms with van der Waals surface area (Å²) in [5, 5.41) is 6.95. The zero-order valence-electron chi connectivity index (χ0n) is 25.7. The van der Waals surface area contributed by atoms with Gasteiger partial charge < -0.3 is 0 Å². The minimum absolute atomic E-state index is 0.768.